The summed E-state index contributed by atoms with van der Waals surface area (Å²) in [6, 6.07) is 36.5. The molecule has 1 fully saturated rings. The maximum Gasteiger partial charge on any atom is 0.170 e. The zero-order valence-electron chi connectivity index (χ0n) is 17.9. The summed E-state index contributed by atoms with van der Waals surface area (Å²) in [5.74, 6) is 0.0400. The predicted molar refractivity (Wildman–Crippen MR) is 129 cm³/mol. The molecule has 1 saturated carbocycles. The van der Waals surface area contributed by atoms with E-state index in [1.165, 1.54) is 9.79 Å². The number of hydrogen-bond donors (Lipinski definition) is 0. The molecule has 4 aromatic rings. The maximum atomic E-state index is 15.1. The first kappa shape index (κ1) is 20.8. The van der Waals surface area contributed by atoms with Crippen molar-refractivity contribution >= 4 is 10.9 Å². The van der Waals surface area contributed by atoms with Crippen LogP contribution in [0, 0.1) is 5.82 Å². The highest BCUT2D eigenvalue weighted by Crippen LogP contribution is 2.44. The van der Waals surface area contributed by atoms with Crippen LogP contribution in [0.2, 0.25) is 0 Å². The van der Waals surface area contributed by atoms with Gasteiger partial charge in [-0.3, -0.25) is 0 Å². The second-order valence-electron chi connectivity index (χ2n) is 8.19. The summed E-state index contributed by atoms with van der Waals surface area (Å²) >= 11 is 0. The molecule has 1 aliphatic rings. The van der Waals surface area contributed by atoms with Crippen molar-refractivity contribution in [2.24, 2.45) is 0 Å². The van der Waals surface area contributed by atoms with Gasteiger partial charge in [0, 0.05) is 6.07 Å². The van der Waals surface area contributed by atoms with Crippen LogP contribution in [0.1, 0.15) is 31.2 Å². The van der Waals surface area contributed by atoms with Crippen molar-refractivity contribution in [3.8, 4) is 5.75 Å². The Labute approximate surface area is 192 Å². The molecule has 0 aliphatic heterocycles. The first-order valence-corrected chi connectivity index (χ1v) is 12.4. The van der Waals surface area contributed by atoms with Gasteiger partial charge in [0.25, 0.3) is 0 Å². The number of benzene rings is 4. The highest BCUT2D eigenvalue weighted by Gasteiger charge is 2.39. The Morgan fingerprint density at radius 3 is 1.72 bits per heavy atom. The largest absolute Gasteiger partial charge is 0.479 e. The van der Waals surface area contributed by atoms with Crippen LogP contribution in [0.5, 0.6) is 5.75 Å². The molecule has 0 saturated heterocycles. The standard InChI is InChI=1S/C29H26FOS/c30-27-19-18-26(32(24-14-6-2-7-15-24)25-16-8-3-9-17-25)22-28(27)31-29(20-10-11-21-29)23-12-4-1-5-13-23/h1-9,12-19,22H,10-11,20-21H2/q+1. The molecule has 0 bridgehead atoms. The molecule has 1 nitrogen and oxygen atoms in total. The summed E-state index contributed by atoms with van der Waals surface area (Å²) in [7, 11) is -0.341. The molecule has 1 aliphatic carbocycles. The monoisotopic (exact) mass is 441 g/mol. The van der Waals surface area contributed by atoms with Gasteiger partial charge in [-0.1, -0.05) is 66.7 Å². The van der Waals surface area contributed by atoms with E-state index in [-0.39, 0.29) is 16.7 Å². The minimum absolute atomic E-state index is 0.305. The molecule has 3 heteroatoms. The SMILES string of the molecule is Fc1ccc([S+](c2ccccc2)c2ccccc2)cc1OC1(c2ccccc2)CCCC1. The van der Waals surface area contributed by atoms with Gasteiger partial charge in [0.05, 0.1) is 10.9 Å². The molecular formula is C29H26FOS+. The quantitative estimate of drug-likeness (QED) is 0.278. The number of hydrogen-bond acceptors (Lipinski definition) is 1. The van der Waals surface area contributed by atoms with Gasteiger partial charge in [0.2, 0.25) is 0 Å². The fraction of sp³-hybridized carbons (Fsp3) is 0.172. The Bertz CT molecular complexity index is 1120. The van der Waals surface area contributed by atoms with Crippen molar-refractivity contribution in [3.63, 3.8) is 0 Å². The van der Waals surface area contributed by atoms with Gasteiger partial charge in [-0.05, 0) is 67.6 Å². The Morgan fingerprint density at radius 1 is 0.625 bits per heavy atom. The smallest absolute Gasteiger partial charge is 0.170 e. The van der Waals surface area contributed by atoms with Crippen molar-refractivity contribution in [2.45, 2.75) is 46.0 Å². The molecule has 0 unspecified atom stereocenters. The summed E-state index contributed by atoms with van der Waals surface area (Å²) in [4.78, 5) is 3.46. The van der Waals surface area contributed by atoms with E-state index in [0.29, 0.717) is 5.75 Å². The third-order valence-electron chi connectivity index (χ3n) is 6.11. The van der Waals surface area contributed by atoms with Crippen LogP contribution in [0.4, 0.5) is 4.39 Å². The summed E-state index contributed by atoms with van der Waals surface area (Å²) in [5.41, 5.74) is 0.672. The summed E-state index contributed by atoms with van der Waals surface area (Å²) in [6.07, 6.45) is 4.00. The highest BCUT2D eigenvalue weighted by atomic mass is 32.2. The van der Waals surface area contributed by atoms with Crippen molar-refractivity contribution in [1.29, 1.82) is 0 Å². The predicted octanol–water partition coefficient (Wildman–Crippen LogP) is 7.77. The van der Waals surface area contributed by atoms with E-state index >= 15 is 4.39 Å². The Hall–Kier alpha value is -3.04. The molecule has 32 heavy (non-hydrogen) atoms. The molecule has 0 N–H and O–H groups in total. The van der Waals surface area contributed by atoms with Crippen LogP contribution in [-0.2, 0) is 16.5 Å². The van der Waals surface area contributed by atoms with Crippen molar-refractivity contribution in [2.75, 3.05) is 0 Å². The van der Waals surface area contributed by atoms with Gasteiger partial charge >= 0.3 is 0 Å². The first-order chi connectivity index (χ1) is 15.8. The molecule has 5 rings (SSSR count). The van der Waals surface area contributed by atoms with Gasteiger partial charge in [-0.2, -0.15) is 0 Å². The van der Waals surface area contributed by atoms with E-state index < -0.39 is 5.60 Å². The topological polar surface area (TPSA) is 9.23 Å². The second kappa shape index (κ2) is 9.22. The minimum atomic E-state index is -0.459. The van der Waals surface area contributed by atoms with Crippen LogP contribution in [0.15, 0.2) is 124 Å². The molecule has 4 aromatic carbocycles. The summed E-state index contributed by atoms with van der Waals surface area (Å²) in [6.45, 7) is 0. The normalized spacial score (nSPS) is 15.1. The van der Waals surface area contributed by atoms with E-state index in [0.717, 1.165) is 36.1 Å². The van der Waals surface area contributed by atoms with Crippen molar-refractivity contribution < 1.29 is 9.13 Å². The van der Waals surface area contributed by atoms with Gasteiger partial charge < -0.3 is 4.74 Å². The third kappa shape index (κ3) is 4.18. The van der Waals surface area contributed by atoms with Crippen molar-refractivity contribution in [3.05, 3.63) is 121 Å². The molecule has 0 atom stereocenters. The molecule has 160 valence electrons. The summed E-state index contributed by atoms with van der Waals surface area (Å²) < 4.78 is 21.6. The van der Waals surface area contributed by atoms with Crippen LogP contribution >= 0.6 is 0 Å². The molecule has 0 aromatic heterocycles. The summed E-state index contributed by atoms with van der Waals surface area (Å²) in [5, 5.41) is 0. The maximum absolute atomic E-state index is 15.1. The molecular weight excluding hydrogens is 415 g/mol. The minimum Gasteiger partial charge on any atom is -0.479 e. The highest BCUT2D eigenvalue weighted by molar-refractivity contribution is 7.97. The van der Waals surface area contributed by atoms with E-state index in [9.17, 15) is 0 Å². The zero-order valence-corrected chi connectivity index (χ0v) is 18.7. The third-order valence-corrected chi connectivity index (χ3v) is 8.33. The number of ether oxygens (including phenoxy) is 1. The Balaban J connectivity index is 1.57. The molecule has 0 amide bonds. The lowest BCUT2D eigenvalue weighted by atomic mass is 9.92. The number of halogens is 1. The lowest BCUT2D eigenvalue weighted by molar-refractivity contribution is 0.0686. The lowest BCUT2D eigenvalue weighted by Crippen LogP contribution is -2.30. The zero-order chi connectivity index (χ0) is 21.8. The second-order valence-corrected chi connectivity index (χ2v) is 10.2. The van der Waals surface area contributed by atoms with E-state index in [1.54, 1.807) is 6.07 Å². The Morgan fingerprint density at radius 2 is 1.16 bits per heavy atom. The average Bonchev–Trinajstić information content (AvgIpc) is 3.33. The van der Waals surface area contributed by atoms with Gasteiger partial charge in [0.15, 0.2) is 26.3 Å². The lowest BCUT2D eigenvalue weighted by Gasteiger charge is -2.31. The van der Waals surface area contributed by atoms with Crippen molar-refractivity contribution in [1.82, 2.24) is 0 Å². The van der Waals surface area contributed by atoms with Crippen LogP contribution in [0.3, 0.4) is 0 Å². The van der Waals surface area contributed by atoms with Gasteiger partial charge in [-0.25, -0.2) is 4.39 Å². The molecule has 0 spiro atoms. The fourth-order valence-corrected chi connectivity index (χ4v) is 6.66. The molecule has 0 radical (unpaired) electrons. The van der Waals surface area contributed by atoms with Gasteiger partial charge in [0.1, 0.15) is 5.60 Å². The van der Waals surface area contributed by atoms with E-state index in [4.69, 9.17) is 4.74 Å². The van der Waals surface area contributed by atoms with Gasteiger partial charge in [-0.15, -0.1) is 0 Å². The fourth-order valence-electron chi connectivity index (χ4n) is 4.56. The van der Waals surface area contributed by atoms with E-state index in [1.807, 2.05) is 42.5 Å². The first-order valence-electron chi connectivity index (χ1n) is 11.1. The average molecular weight is 442 g/mol. The van der Waals surface area contributed by atoms with Crippen LogP contribution in [-0.4, -0.2) is 0 Å². The van der Waals surface area contributed by atoms with E-state index in [2.05, 4.69) is 60.7 Å². The van der Waals surface area contributed by atoms with Crippen LogP contribution < -0.4 is 4.74 Å². The Kier molecular flexibility index (Phi) is 6.00. The van der Waals surface area contributed by atoms with Crippen LogP contribution in [0.25, 0.3) is 0 Å². The molecule has 0 heterocycles. The number of rotatable bonds is 6.